The molecule has 1 aliphatic heterocycles. The van der Waals surface area contributed by atoms with Crippen molar-refractivity contribution in [2.24, 2.45) is 0 Å². The number of fused-ring (bicyclic) bond motifs is 3. The average molecular weight is 633 g/mol. The Morgan fingerprint density at radius 2 is 1.61 bits per heavy atom. The van der Waals surface area contributed by atoms with E-state index in [2.05, 4.69) is 15.6 Å². The largest absolute Gasteiger partial charge is 0.322 e. The summed E-state index contributed by atoms with van der Waals surface area (Å²) in [6.07, 6.45) is 1.80. The number of pyridine rings is 1. The minimum Gasteiger partial charge on any atom is -0.322 e. The second kappa shape index (κ2) is 11.9. The fourth-order valence-electron chi connectivity index (χ4n) is 4.84. The van der Waals surface area contributed by atoms with Crippen LogP contribution in [0.25, 0.3) is 10.4 Å². The predicted molar refractivity (Wildman–Crippen MR) is 163 cm³/mol. The molecule has 0 saturated carbocycles. The summed E-state index contributed by atoms with van der Waals surface area (Å²) in [6.45, 7) is 0.167. The number of anilines is 3. The highest BCUT2D eigenvalue weighted by Gasteiger charge is 2.28. The number of hydrogen-bond donors (Lipinski definition) is 2. The molecule has 6 rings (SSSR count). The number of rotatable bonds is 5. The first-order chi connectivity index (χ1) is 21.2. The van der Waals surface area contributed by atoms with Crippen LogP contribution >= 0.6 is 22.9 Å². The molecule has 2 N–H and O–H groups in total. The number of hydrogen-bond acceptors (Lipinski definition) is 5. The molecule has 3 amide bonds. The Morgan fingerprint density at radius 1 is 0.864 bits per heavy atom. The van der Waals surface area contributed by atoms with Gasteiger partial charge in [0.25, 0.3) is 17.7 Å². The Kier molecular flexibility index (Phi) is 7.90. The molecule has 3 aromatic carbocycles. The maximum Gasteiger partial charge on any atom is 0.265 e. The molecule has 0 fully saturated rings. The molecule has 7 nitrogen and oxygen atoms in total. The summed E-state index contributed by atoms with van der Waals surface area (Å²) in [5.74, 6) is -3.91. The van der Waals surface area contributed by atoms with Crippen molar-refractivity contribution < 1.29 is 27.6 Å². The zero-order chi connectivity index (χ0) is 31.0. The van der Waals surface area contributed by atoms with Crippen molar-refractivity contribution in [3.05, 3.63) is 129 Å². The lowest BCUT2D eigenvalue weighted by Gasteiger charge is -2.23. The SMILES string of the molecule is O=C(Nc1c(F)cccc1F)c1cc2c(s1)-c1ccc(F)cc1N(C(=O)c1ccc(NC(=O)c3cccnc3Cl)cc1)CC2. The third kappa shape index (κ3) is 5.67. The van der Waals surface area contributed by atoms with Gasteiger partial charge < -0.3 is 15.5 Å². The molecule has 0 atom stereocenters. The van der Waals surface area contributed by atoms with Gasteiger partial charge >= 0.3 is 0 Å². The fraction of sp³-hybridized carbons (Fsp3) is 0.0625. The summed E-state index contributed by atoms with van der Waals surface area (Å²) in [5.41, 5.74) is 1.95. The van der Waals surface area contributed by atoms with Gasteiger partial charge in [0.2, 0.25) is 0 Å². The second-order valence-electron chi connectivity index (χ2n) is 9.76. The normalized spacial score (nSPS) is 12.1. The average Bonchev–Trinajstić information content (AvgIpc) is 3.37. The molecule has 3 heterocycles. The van der Waals surface area contributed by atoms with E-state index in [1.165, 1.54) is 41.4 Å². The monoisotopic (exact) mass is 632 g/mol. The van der Waals surface area contributed by atoms with E-state index in [-0.39, 0.29) is 22.1 Å². The van der Waals surface area contributed by atoms with Crippen LogP contribution in [0.2, 0.25) is 5.15 Å². The summed E-state index contributed by atoms with van der Waals surface area (Å²) in [6, 6.07) is 18.3. The summed E-state index contributed by atoms with van der Waals surface area (Å²) < 4.78 is 42.7. The summed E-state index contributed by atoms with van der Waals surface area (Å²) >= 11 is 7.08. The molecule has 0 unspecified atom stereocenters. The van der Waals surface area contributed by atoms with Crippen LogP contribution in [0, 0.1) is 17.5 Å². The highest BCUT2D eigenvalue weighted by atomic mass is 35.5. The van der Waals surface area contributed by atoms with E-state index in [1.54, 1.807) is 36.4 Å². The minimum atomic E-state index is -0.903. The summed E-state index contributed by atoms with van der Waals surface area (Å²) in [4.78, 5) is 45.4. The Labute approximate surface area is 257 Å². The van der Waals surface area contributed by atoms with Gasteiger partial charge in [0.05, 0.1) is 16.1 Å². The van der Waals surface area contributed by atoms with Gasteiger partial charge in [-0.25, -0.2) is 18.2 Å². The molecule has 44 heavy (non-hydrogen) atoms. The molecule has 0 radical (unpaired) electrons. The van der Waals surface area contributed by atoms with Gasteiger partial charge in [-0.1, -0.05) is 17.7 Å². The van der Waals surface area contributed by atoms with E-state index in [9.17, 15) is 27.6 Å². The van der Waals surface area contributed by atoms with E-state index in [4.69, 9.17) is 11.6 Å². The number of carbonyl (C=O) groups is 3. The van der Waals surface area contributed by atoms with Crippen molar-refractivity contribution >= 4 is 57.7 Å². The van der Waals surface area contributed by atoms with Crippen LogP contribution in [-0.2, 0) is 6.42 Å². The van der Waals surface area contributed by atoms with Gasteiger partial charge in [0, 0.05) is 34.4 Å². The highest BCUT2D eigenvalue weighted by Crippen LogP contribution is 2.42. The topological polar surface area (TPSA) is 91.4 Å². The molecule has 0 saturated heterocycles. The highest BCUT2D eigenvalue weighted by molar-refractivity contribution is 7.17. The van der Waals surface area contributed by atoms with Crippen molar-refractivity contribution in [2.75, 3.05) is 22.1 Å². The number of carbonyl (C=O) groups excluding carboxylic acids is 3. The number of para-hydroxylation sites is 1. The smallest absolute Gasteiger partial charge is 0.265 e. The fourth-order valence-corrected chi connectivity index (χ4v) is 6.18. The molecule has 0 bridgehead atoms. The van der Waals surface area contributed by atoms with Crippen LogP contribution in [0.15, 0.2) is 85.1 Å². The van der Waals surface area contributed by atoms with Crippen molar-refractivity contribution in [3.63, 3.8) is 0 Å². The Morgan fingerprint density at radius 3 is 2.34 bits per heavy atom. The number of thiophene rings is 1. The number of nitrogens with zero attached hydrogens (tertiary/aromatic N) is 2. The van der Waals surface area contributed by atoms with Crippen molar-refractivity contribution in [3.8, 4) is 10.4 Å². The number of aromatic nitrogens is 1. The predicted octanol–water partition coefficient (Wildman–Crippen LogP) is 7.59. The number of nitrogens with one attached hydrogen (secondary N) is 2. The van der Waals surface area contributed by atoms with Gasteiger partial charge in [0.1, 0.15) is 28.3 Å². The van der Waals surface area contributed by atoms with Crippen molar-refractivity contribution in [1.29, 1.82) is 0 Å². The van der Waals surface area contributed by atoms with E-state index in [0.29, 0.717) is 33.8 Å². The molecule has 1 aliphatic rings. The lowest BCUT2D eigenvalue weighted by atomic mass is 10.1. The van der Waals surface area contributed by atoms with E-state index < -0.39 is 40.9 Å². The summed E-state index contributed by atoms with van der Waals surface area (Å²) in [5, 5.41) is 5.06. The van der Waals surface area contributed by atoms with Crippen LogP contribution in [0.4, 0.5) is 30.2 Å². The molecule has 0 aliphatic carbocycles. The molecule has 12 heteroatoms. The first-order valence-corrected chi connectivity index (χ1v) is 14.4. The molecular weight excluding hydrogens is 613 g/mol. The molecule has 5 aromatic rings. The van der Waals surface area contributed by atoms with Crippen LogP contribution in [0.3, 0.4) is 0 Å². The van der Waals surface area contributed by atoms with Crippen LogP contribution in [-0.4, -0.2) is 29.3 Å². The van der Waals surface area contributed by atoms with Gasteiger partial charge in [-0.3, -0.25) is 14.4 Å². The zero-order valence-electron chi connectivity index (χ0n) is 22.5. The van der Waals surface area contributed by atoms with Gasteiger partial charge in [-0.2, -0.15) is 0 Å². The Hall–Kier alpha value is -5.00. The lowest BCUT2D eigenvalue weighted by Crippen LogP contribution is -2.32. The van der Waals surface area contributed by atoms with Crippen LogP contribution in [0.5, 0.6) is 0 Å². The van der Waals surface area contributed by atoms with Crippen LogP contribution in [0.1, 0.15) is 36.0 Å². The molecular formula is C32H20ClF3N4O3S. The van der Waals surface area contributed by atoms with E-state index in [0.717, 1.165) is 29.0 Å². The first-order valence-electron chi connectivity index (χ1n) is 13.2. The van der Waals surface area contributed by atoms with Crippen LogP contribution < -0.4 is 15.5 Å². The minimum absolute atomic E-state index is 0.0594. The summed E-state index contributed by atoms with van der Waals surface area (Å²) in [7, 11) is 0. The van der Waals surface area contributed by atoms with E-state index >= 15 is 0 Å². The molecule has 2 aromatic heterocycles. The zero-order valence-corrected chi connectivity index (χ0v) is 24.1. The standard InChI is InChI=1S/C32H20ClF3N4O3S/c33-29-22(3-2-13-37-29)30(41)38-20-9-6-17(7-10-20)32(43)40-14-12-18-15-26(31(42)39-27-23(35)4-1-5-24(27)36)44-28(18)21-11-8-19(34)16-25(21)40/h1-11,13,15-16H,12,14H2,(H,38,41)(H,39,42). The number of amides is 3. The Bertz CT molecular complexity index is 1930. The maximum atomic E-state index is 14.5. The van der Waals surface area contributed by atoms with Gasteiger partial charge in [0.15, 0.2) is 0 Å². The number of benzene rings is 3. The second-order valence-corrected chi connectivity index (χ2v) is 11.2. The first kappa shape index (κ1) is 29.1. The van der Waals surface area contributed by atoms with Crippen molar-refractivity contribution in [1.82, 2.24) is 4.98 Å². The van der Waals surface area contributed by atoms with Crippen molar-refractivity contribution in [2.45, 2.75) is 6.42 Å². The Balaban J connectivity index is 1.25. The molecule has 220 valence electrons. The quantitative estimate of drug-likeness (QED) is 0.195. The lowest BCUT2D eigenvalue weighted by molar-refractivity contribution is 0.0985. The third-order valence-electron chi connectivity index (χ3n) is 6.97. The van der Waals surface area contributed by atoms with Gasteiger partial charge in [-0.15, -0.1) is 11.3 Å². The maximum absolute atomic E-state index is 14.5. The third-order valence-corrected chi connectivity index (χ3v) is 8.48. The van der Waals surface area contributed by atoms with E-state index in [1.807, 2.05) is 0 Å². The number of halogens is 4. The molecule has 0 spiro atoms. The van der Waals surface area contributed by atoms with Gasteiger partial charge in [-0.05, 0) is 84.8 Å².